The number of hydrogen-bond acceptors (Lipinski definition) is 1. The van der Waals surface area contributed by atoms with Gasteiger partial charge in [0.05, 0.1) is 12.4 Å². The van der Waals surface area contributed by atoms with Gasteiger partial charge in [-0.25, -0.2) is 0 Å². The van der Waals surface area contributed by atoms with Crippen molar-refractivity contribution >= 4 is 0 Å². The number of fused-ring (bicyclic) bond motifs is 1. The van der Waals surface area contributed by atoms with E-state index in [-0.39, 0.29) is 0 Å². The number of hydrogen-bond donors (Lipinski definition) is 0. The van der Waals surface area contributed by atoms with Crippen LogP contribution in [0.1, 0.15) is 25.7 Å². The summed E-state index contributed by atoms with van der Waals surface area (Å²) in [5, 5.41) is 0. The maximum absolute atomic E-state index is 5.55. The van der Waals surface area contributed by atoms with Crippen LogP contribution >= 0.6 is 0 Å². The Hall–Kier alpha value is -0.720. The van der Waals surface area contributed by atoms with Gasteiger partial charge in [0, 0.05) is 5.41 Å². The van der Waals surface area contributed by atoms with Gasteiger partial charge in [0.2, 0.25) is 0 Å². The van der Waals surface area contributed by atoms with Crippen LogP contribution in [0.4, 0.5) is 0 Å². The summed E-state index contributed by atoms with van der Waals surface area (Å²) in [5.41, 5.74) is 0.377. The van der Waals surface area contributed by atoms with Crippen molar-refractivity contribution in [1.29, 1.82) is 0 Å². The largest absolute Gasteiger partial charge is 0.498 e. The summed E-state index contributed by atoms with van der Waals surface area (Å²) in [7, 11) is 0. The molecule has 1 fully saturated rings. The van der Waals surface area contributed by atoms with Crippen LogP contribution in [0.5, 0.6) is 0 Å². The Labute approximate surface area is 67.7 Å². The summed E-state index contributed by atoms with van der Waals surface area (Å²) >= 11 is 0. The molecule has 1 aliphatic heterocycles. The molecule has 1 saturated heterocycles. The summed E-state index contributed by atoms with van der Waals surface area (Å²) < 4.78 is 5.55. The molecule has 2 rings (SSSR count). The third-order valence-corrected chi connectivity index (χ3v) is 2.85. The first-order chi connectivity index (χ1) is 5.37. The van der Waals surface area contributed by atoms with Crippen molar-refractivity contribution in [2.75, 3.05) is 6.61 Å². The maximum Gasteiger partial charge on any atom is 0.0986 e. The van der Waals surface area contributed by atoms with E-state index in [0.717, 1.165) is 13.0 Å². The summed E-state index contributed by atoms with van der Waals surface area (Å²) in [6, 6.07) is 0. The Balaban J connectivity index is 2.22. The van der Waals surface area contributed by atoms with E-state index in [9.17, 15) is 0 Å². The molecule has 1 unspecified atom stereocenters. The van der Waals surface area contributed by atoms with Gasteiger partial charge in [-0.05, 0) is 31.8 Å². The first-order valence-electron chi connectivity index (χ1n) is 4.32. The molecule has 1 aliphatic carbocycles. The van der Waals surface area contributed by atoms with Crippen molar-refractivity contribution in [3.8, 4) is 0 Å². The second-order valence-electron chi connectivity index (χ2n) is 3.48. The minimum Gasteiger partial charge on any atom is -0.498 e. The minimum atomic E-state index is 0.377. The smallest absolute Gasteiger partial charge is 0.0986 e. The monoisotopic (exact) mass is 150 g/mol. The molecule has 60 valence electrons. The molecule has 11 heavy (non-hydrogen) atoms. The molecule has 0 aromatic carbocycles. The molecule has 0 amide bonds. The van der Waals surface area contributed by atoms with Gasteiger partial charge < -0.3 is 4.74 Å². The lowest BCUT2D eigenvalue weighted by atomic mass is 9.81. The molecule has 2 aliphatic rings. The molecule has 0 bridgehead atoms. The predicted molar refractivity (Wildman–Crippen MR) is 45.1 cm³/mol. The predicted octanol–water partition coefficient (Wildman–Crippen LogP) is 2.65. The molecule has 1 heteroatoms. The average molecular weight is 150 g/mol. The molecule has 0 aromatic heterocycles. The number of ether oxygens (including phenoxy) is 1. The highest BCUT2D eigenvalue weighted by Gasteiger charge is 2.41. The van der Waals surface area contributed by atoms with E-state index in [4.69, 9.17) is 4.74 Å². The third-order valence-electron chi connectivity index (χ3n) is 2.85. The van der Waals surface area contributed by atoms with E-state index < -0.39 is 0 Å². The normalized spacial score (nSPS) is 34.4. The van der Waals surface area contributed by atoms with Crippen molar-refractivity contribution in [1.82, 2.24) is 0 Å². The fraction of sp³-hybridized carbons (Fsp3) is 0.600. The first-order valence-corrected chi connectivity index (χ1v) is 4.32. The fourth-order valence-corrected chi connectivity index (χ4v) is 2.22. The van der Waals surface area contributed by atoms with E-state index in [2.05, 4.69) is 12.7 Å². The van der Waals surface area contributed by atoms with E-state index in [1.807, 2.05) is 6.08 Å². The summed E-state index contributed by atoms with van der Waals surface area (Å²) in [5.74, 6) is 1.25. The average Bonchev–Trinajstić information content (AvgIpc) is 2.45. The van der Waals surface area contributed by atoms with Crippen LogP contribution in [0.25, 0.3) is 0 Å². The summed E-state index contributed by atoms with van der Waals surface area (Å²) in [4.78, 5) is 0. The van der Waals surface area contributed by atoms with Crippen molar-refractivity contribution in [3.05, 3.63) is 24.5 Å². The van der Waals surface area contributed by atoms with E-state index >= 15 is 0 Å². The second-order valence-corrected chi connectivity index (χ2v) is 3.48. The van der Waals surface area contributed by atoms with Crippen LogP contribution in [0.15, 0.2) is 24.5 Å². The molecule has 1 atom stereocenters. The highest BCUT2D eigenvalue weighted by atomic mass is 16.5. The van der Waals surface area contributed by atoms with Crippen molar-refractivity contribution in [3.63, 3.8) is 0 Å². The second kappa shape index (κ2) is 2.40. The van der Waals surface area contributed by atoms with Gasteiger partial charge in [0.15, 0.2) is 0 Å². The van der Waals surface area contributed by atoms with Crippen molar-refractivity contribution in [2.45, 2.75) is 25.7 Å². The van der Waals surface area contributed by atoms with Crippen LogP contribution in [0.3, 0.4) is 0 Å². The Morgan fingerprint density at radius 2 is 2.55 bits per heavy atom. The van der Waals surface area contributed by atoms with Crippen molar-refractivity contribution < 1.29 is 4.74 Å². The molecule has 0 N–H and O–H groups in total. The highest BCUT2D eigenvalue weighted by molar-refractivity contribution is 5.19. The zero-order valence-corrected chi connectivity index (χ0v) is 6.81. The quantitative estimate of drug-likeness (QED) is 0.550. The lowest BCUT2D eigenvalue weighted by Gasteiger charge is -2.21. The Kier molecular flexibility index (Phi) is 1.52. The zero-order chi connectivity index (χ0) is 7.73. The van der Waals surface area contributed by atoms with Crippen LogP contribution in [0, 0.1) is 5.41 Å². The Morgan fingerprint density at radius 3 is 3.36 bits per heavy atom. The standard InChI is InChI=1S/C10H14O/c1-2-5-10-6-3-4-9(10)11-8-7-10/h2,4H,1,3,5-8H2. The molecular formula is C10H14O. The van der Waals surface area contributed by atoms with Crippen molar-refractivity contribution in [2.24, 2.45) is 5.41 Å². The van der Waals surface area contributed by atoms with Gasteiger partial charge in [-0.3, -0.25) is 0 Å². The van der Waals surface area contributed by atoms with Crippen LogP contribution in [-0.4, -0.2) is 6.61 Å². The van der Waals surface area contributed by atoms with Gasteiger partial charge in [-0.1, -0.05) is 6.08 Å². The third kappa shape index (κ3) is 0.907. The molecule has 0 radical (unpaired) electrons. The van der Waals surface area contributed by atoms with E-state index in [1.54, 1.807) is 0 Å². The van der Waals surface area contributed by atoms with Crippen LogP contribution in [0.2, 0.25) is 0 Å². The van der Waals surface area contributed by atoms with Gasteiger partial charge in [-0.2, -0.15) is 0 Å². The molecule has 1 nitrogen and oxygen atoms in total. The number of rotatable bonds is 2. The first kappa shape index (κ1) is 6.96. The van der Waals surface area contributed by atoms with Crippen LogP contribution in [-0.2, 0) is 4.74 Å². The molecule has 0 saturated carbocycles. The number of allylic oxidation sites excluding steroid dienone is 3. The lowest BCUT2D eigenvalue weighted by Crippen LogP contribution is -2.13. The van der Waals surface area contributed by atoms with Gasteiger partial charge in [0.25, 0.3) is 0 Å². The SMILES string of the molecule is C=CCC12CCC=C1OCC2. The maximum atomic E-state index is 5.55. The van der Waals surface area contributed by atoms with E-state index in [0.29, 0.717) is 5.41 Å². The Bertz CT molecular complexity index is 205. The van der Waals surface area contributed by atoms with Crippen LogP contribution < -0.4 is 0 Å². The molecular weight excluding hydrogens is 136 g/mol. The summed E-state index contributed by atoms with van der Waals surface area (Å²) in [6.45, 7) is 4.71. The molecule has 0 aromatic rings. The fourth-order valence-electron chi connectivity index (χ4n) is 2.22. The van der Waals surface area contributed by atoms with Gasteiger partial charge >= 0.3 is 0 Å². The lowest BCUT2D eigenvalue weighted by molar-refractivity contribution is 0.247. The Morgan fingerprint density at radius 1 is 1.64 bits per heavy atom. The molecule has 1 heterocycles. The van der Waals surface area contributed by atoms with Gasteiger partial charge in [0.1, 0.15) is 0 Å². The van der Waals surface area contributed by atoms with Gasteiger partial charge in [-0.15, -0.1) is 6.58 Å². The summed E-state index contributed by atoms with van der Waals surface area (Å²) in [6.07, 6.45) is 9.03. The minimum absolute atomic E-state index is 0.377. The zero-order valence-electron chi connectivity index (χ0n) is 6.81. The van der Waals surface area contributed by atoms with E-state index in [1.165, 1.54) is 25.0 Å². The highest BCUT2D eigenvalue weighted by Crippen LogP contribution is 2.49. The molecule has 0 spiro atoms. The topological polar surface area (TPSA) is 9.23 Å².